The summed E-state index contributed by atoms with van der Waals surface area (Å²) < 4.78 is 5.65. The third kappa shape index (κ3) is 2.76. The molecule has 0 aromatic heterocycles. The fourth-order valence-corrected chi connectivity index (χ4v) is 2.33. The van der Waals surface area contributed by atoms with Gasteiger partial charge in [0.1, 0.15) is 17.9 Å². The molecule has 0 spiro atoms. The lowest BCUT2D eigenvalue weighted by atomic mass is 9.89. The third-order valence-electron chi connectivity index (χ3n) is 3.28. The fraction of sp³-hybridized carbons (Fsp3) is 0.462. The van der Waals surface area contributed by atoms with E-state index in [0.717, 1.165) is 19.4 Å². The first-order valence-electron chi connectivity index (χ1n) is 6.06. The van der Waals surface area contributed by atoms with E-state index in [9.17, 15) is 4.79 Å². The molecule has 1 aromatic carbocycles. The van der Waals surface area contributed by atoms with Crippen LogP contribution in [0.5, 0.6) is 5.75 Å². The van der Waals surface area contributed by atoms with Crippen molar-refractivity contribution in [2.24, 2.45) is 5.73 Å². The zero-order valence-electron chi connectivity index (χ0n) is 10.1. The van der Waals surface area contributed by atoms with Crippen LogP contribution in [0, 0.1) is 0 Å². The van der Waals surface area contributed by atoms with E-state index in [1.54, 1.807) is 12.1 Å². The van der Waals surface area contributed by atoms with Gasteiger partial charge in [-0.2, -0.15) is 0 Å². The lowest BCUT2D eigenvalue weighted by Gasteiger charge is -2.35. The molecule has 5 heteroatoms. The summed E-state index contributed by atoms with van der Waals surface area (Å²) >= 11 is 6.01. The predicted molar refractivity (Wildman–Crippen MR) is 70.7 cm³/mol. The van der Waals surface area contributed by atoms with E-state index in [4.69, 9.17) is 22.1 Å². The SMILES string of the molecule is NC(=O)C1(COc2ccccc2Cl)CCCCN1. The van der Waals surface area contributed by atoms with Crippen LogP contribution in [0.2, 0.25) is 5.02 Å². The molecule has 0 radical (unpaired) electrons. The van der Waals surface area contributed by atoms with E-state index in [1.165, 1.54) is 0 Å². The Morgan fingerprint density at radius 3 is 2.83 bits per heavy atom. The summed E-state index contributed by atoms with van der Waals surface area (Å²) in [7, 11) is 0. The van der Waals surface area contributed by atoms with E-state index in [1.807, 2.05) is 12.1 Å². The van der Waals surface area contributed by atoms with Crippen LogP contribution >= 0.6 is 11.6 Å². The molecule has 0 bridgehead atoms. The van der Waals surface area contributed by atoms with Gasteiger partial charge in [0.2, 0.25) is 5.91 Å². The van der Waals surface area contributed by atoms with Gasteiger partial charge in [-0.15, -0.1) is 0 Å². The Labute approximate surface area is 111 Å². The van der Waals surface area contributed by atoms with E-state index in [0.29, 0.717) is 17.2 Å². The maximum Gasteiger partial charge on any atom is 0.241 e. The predicted octanol–water partition coefficient (Wildman–Crippen LogP) is 1.72. The normalized spacial score (nSPS) is 23.6. The van der Waals surface area contributed by atoms with Gasteiger partial charge < -0.3 is 15.8 Å². The molecule has 98 valence electrons. The smallest absolute Gasteiger partial charge is 0.241 e. The first-order chi connectivity index (χ1) is 8.64. The van der Waals surface area contributed by atoms with Crippen LogP contribution in [0.4, 0.5) is 0 Å². The lowest BCUT2D eigenvalue weighted by molar-refractivity contribution is -0.126. The van der Waals surface area contributed by atoms with Crippen LogP contribution < -0.4 is 15.8 Å². The van der Waals surface area contributed by atoms with Crippen molar-refractivity contribution in [1.29, 1.82) is 0 Å². The first kappa shape index (κ1) is 13.2. The standard InChI is InChI=1S/C13H17ClN2O2/c14-10-5-1-2-6-11(10)18-9-13(12(15)17)7-3-4-8-16-13/h1-2,5-6,16H,3-4,7-9H2,(H2,15,17). The van der Waals surface area contributed by atoms with Crippen molar-refractivity contribution in [3.05, 3.63) is 29.3 Å². The van der Waals surface area contributed by atoms with Crippen molar-refractivity contribution < 1.29 is 9.53 Å². The number of carbonyl (C=O) groups is 1. The number of benzene rings is 1. The maximum atomic E-state index is 11.6. The highest BCUT2D eigenvalue weighted by molar-refractivity contribution is 6.32. The van der Waals surface area contributed by atoms with Gasteiger partial charge in [-0.25, -0.2) is 0 Å². The number of carbonyl (C=O) groups excluding carboxylic acids is 1. The van der Waals surface area contributed by atoms with Gasteiger partial charge >= 0.3 is 0 Å². The molecular weight excluding hydrogens is 252 g/mol. The second kappa shape index (κ2) is 5.59. The Morgan fingerprint density at radius 2 is 2.22 bits per heavy atom. The summed E-state index contributed by atoms with van der Waals surface area (Å²) in [5, 5.41) is 3.71. The second-order valence-corrected chi connectivity index (χ2v) is 4.96. The summed E-state index contributed by atoms with van der Waals surface area (Å²) in [6, 6.07) is 7.20. The van der Waals surface area contributed by atoms with Crippen molar-refractivity contribution in [2.45, 2.75) is 24.8 Å². The Balaban J connectivity index is 2.06. The Morgan fingerprint density at radius 1 is 1.44 bits per heavy atom. The molecule has 1 atom stereocenters. The van der Waals surface area contributed by atoms with Gasteiger partial charge in [-0.1, -0.05) is 23.7 Å². The van der Waals surface area contributed by atoms with Crippen LogP contribution in [0.25, 0.3) is 0 Å². The number of nitrogens with one attached hydrogen (secondary N) is 1. The van der Waals surface area contributed by atoms with Crippen LogP contribution in [0.1, 0.15) is 19.3 Å². The summed E-state index contributed by atoms with van der Waals surface area (Å²) in [4.78, 5) is 11.6. The fourth-order valence-electron chi connectivity index (χ4n) is 2.14. The number of amides is 1. The number of nitrogens with two attached hydrogens (primary N) is 1. The summed E-state index contributed by atoms with van der Waals surface area (Å²) in [6.07, 6.45) is 2.73. The highest BCUT2D eigenvalue weighted by atomic mass is 35.5. The number of halogens is 1. The van der Waals surface area contributed by atoms with Crippen molar-refractivity contribution >= 4 is 17.5 Å². The molecule has 3 N–H and O–H groups in total. The summed E-state index contributed by atoms with van der Waals surface area (Å²) in [6.45, 7) is 1.00. The summed E-state index contributed by atoms with van der Waals surface area (Å²) in [5.41, 5.74) is 4.72. The molecule has 0 aliphatic carbocycles. The van der Waals surface area contributed by atoms with Gasteiger partial charge in [-0.05, 0) is 37.9 Å². The Kier molecular flexibility index (Phi) is 4.09. The monoisotopic (exact) mass is 268 g/mol. The first-order valence-corrected chi connectivity index (χ1v) is 6.44. The van der Waals surface area contributed by atoms with Crippen LogP contribution in [-0.4, -0.2) is 24.6 Å². The van der Waals surface area contributed by atoms with Crippen molar-refractivity contribution in [3.63, 3.8) is 0 Å². The van der Waals surface area contributed by atoms with E-state index >= 15 is 0 Å². The Bertz CT molecular complexity index is 431. The molecule has 1 heterocycles. The van der Waals surface area contributed by atoms with E-state index in [-0.39, 0.29) is 12.5 Å². The van der Waals surface area contributed by atoms with Crippen molar-refractivity contribution in [2.75, 3.05) is 13.2 Å². The average Bonchev–Trinajstić information content (AvgIpc) is 2.39. The highest BCUT2D eigenvalue weighted by Crippen LogP contribution is 2.26. The number of ether oxygens (including phenoxy) is 1. The van der Waals surface area contributed by atoms with Gasteiger partial charge in [0.15, 0.2) is 0 Å². The minimum absolute atomic E-state index is 0.214. The number of para-hydroxylation sites is 1. The lowest BCUT2D eigenvalue weighted by Crippen LogP contribution is -2.61. The molecule has 1 aromatic rings. The highest BCUT2D eigenvalue weighted by Gasteiger charge is 2.38. The van der Waals surface area contributed by atoms with Crippen LogP contribution in [-0.2, 0) is 4.79 Å². The second-order valence-electron chi connectivity index (χ2n) is 4.55. The minimum Gasteiger partial charge on any atom is -0.490 e. The van der Waals surface area contributed by atoms with E-state index in [2.05, 4.69) is 5.32 Å². The topological polar surface area (TPSA) is 64.4 Å². The third-order valence-corrected chi connectivity index (χ3v) is 3.59. The quantitative estimate of drug-likeness (QED) is 0.874. The van der Waals surface area contributed by atoms with Gasteiger partial charge in [0, 0.05) is 0 Å². The molecule has 1 saturated heterocycles. The zero-order valence-corrected chi connectivity index (χ0v) is 10.9. The Hall–Kier alpha value is -1.26. The van der Waals surface area contributed by atoms with Gasteiger partial charge in [0.05, 0.1) is 5.02 Å². The summed E-state index contributed by atoms with van der Waals surface area (Å²) in [5.74, 6) is 0.210. The van der Waals surface area contributed by atoms with Crippen molar-refractivity contribution in [1.82, 2.24) is 5.32 Å². The number of hydrogen-bond acceptors (Lipinski definition) is 3. The van der Waals surface area contributed by atoms with Crippen molar-refractivity contribution in [3.8, 4) is 5.75 Å². The largest absolute Gasteiger partial charge is 0.490 e. The van der Waals surface area contributed by atoms with Crippen LogP contribution in [0.3, 0.4) is 0 Å². The average molecular weight is 269 g/mol. The molecular formula is C13H17ClN2O2. The number of rotatable bonds is 4. The molecule has 1 amide bonds. The molecule has 1 aliphatic rings. The molecule has 1 fully saturated rings. The minimum atomic E-state index is -0.766. The molecule has 2 rings (SSSR count). The number of hydrogen-bond donors (Lipinski definition) is 2. The molecule has 0 saturated carbocycles. The number of piperidine rings is 1. The molecule has 1 unspecified atom stereocenters. The van der Waals surface area contributed by atoms with Gasteiger partial charge in [-0.3, -0.25) is 4.79 Å². The molecule has 1 aliphatic heterocycles. The molecule has 4 nitrogen and oxygen atoms in total. The number of primary amides is 1. The maximum absolute atomic E-state index is 11.6. The zero-order chi connectivity index (χ0) is 13.0. The molecule has 18 heavy (non-hydrogen) atoms. The van der Waals surface area contributed by atoms with Gasteiger partial charge in [0.25, 0.3) is 0 Å². The van der Waals surface area contributed by atoms with Crippen LogP contribution in [0.15, 0.2) is 24.3 Å². The van der Waals surface area contributed by atoms with E-state index < -0.39 is 5.54 Å².